The van der Waals surface area contributed by atoms with Gasteiger partial charge in [-0.25, -0.2) is 4.79 Å². The number of carbonyl (C=O) groups excluding carboxylic acids is 2. The third-order valence-electron chi connectivity index (χ3n) is 3.68. The molecule has 0 aliphatic rings. The third kappa shape index (κ3) is 5.55. The summed E-state index contributed by atoms with van der Waals surface area (Å²) >= 11 is 7.27. The van der Waals surface area contributed by atoms with E-state index in [0.29, 0.717) is 23.9 Å². The molecule has 0 saturated heterocycles. The second kappa shape index (κ2) is 10.0. The predicted octanol–water partition coefficient (Wildman–Crippen LogP) is 3.61. The van der Waals surface area contributed by atoms with Crippen molar-refractivity contribution in [2.45, 2.75) is 18.5 Å². The third-order valence-corrected chi connectivity index (χ3v) is 4.93. The highest BCUT2D eigenvalue weighted by Crippen LogP contribution is 2.23. The molecule has 1 aromatic heterocycles. The molecule has 0 bridgehead atoms. The number of hydrogen-bond donors (Lipinski definition) is 1. The number of carbonyl (C=O) groups is 2. The van der Waals surface area contributed by atoms with Crippen molar-refractivity contribution in [3.05, 3.63) is 59.1 Å². The number of nitrogens with one attached hydrogen (secondary N) is 1. The maximum atomic E-state index is 12.3. The van der Waals surface area contributed by atoms with Crippen LogP contribution in [0.4, 0.5) is 5.69 Å². The van der Waals surface area contributed by atoms with Crippen molar-refractivity contribution < 1.29 is 14.3 Å². The zero-order chi connectivity index (χ0) is 20.6. The highest BCUT2D eigenvalue weighted by atomic mass is 35.5. The fourth-order valence-corrected chi connectivity index (χ4v) is 3.24. The van der Waals surface area contributed by atoms with E-state index in [1.165, 1.54) is 17.8 Å². The molecule has 29 heavy (non-hydrogen) atoms. The minimum Gasteiger partial charge on any atom is -0.462 e. The van der Waals surface area contributed by atoms with Crippen molar-refractivity contribution in [1.82, 2.24) is 20.2 Å². The SMILES string of the molecule is CCCOC(=O)c1cc(NC(=O)CSc2nnnn2-c2ccccc2)ccc1Cl. The molecule has 10 heteroatoms. The van der Waals surface area contributed by atoms with Crippen LogP contribution in [0.5, 0.6) is 0 Å². The number of thioether (sulfide) groups is 1. The molecule has 0 saturated carbocycles. The molecule has 8 nitrogen and oxygen atoms in total. The molecule has 3 aromatic rings. The second-order valence-corrected chi connectivity index (χ2v) is 7.23. The van der Waals surface area contributed by atoms with Gasteiger partial charge < -0.3 is 10.1 Å². The van der Waals surface area contributed by atoms with Crippen molar-refractivity contribution in [2.24, 2.45) is 0 Å². The summed E-state index contributed by atoms with van der Waals surface area (Å²) in [6.45, 7) is 2.20. The van der Waals surface area contributed by atoms with E-state index in [1.54, 1.807) is 16.8 Å². The molecule has 1 amide bonds. The summed E-state index contributed by atoms with van der Waals surface area (Å²) in [4.78, 5) is 24.4. The minimum atomic E-state index is -0.524. The molecule has 0 aliphatic carbocycles. The van der Waals surface area contributed by atoms with Gasteiger partial charge in [0.25, 0.3) is 0 Å². The Hall–Kier alpha value is -2.91. The fourth-order valence-electron chi connectivity index (χ4n) is 2.36. The number of ether oxygens (including phenoxy) is 1. The first-order chi connectivity index (χ1) is 14.1. The number of nitrogens with zero attached hydrogens (tertiary/aromatic N) is 4. The lowest BCUT2D eigenvalue weighted by Gasteiger charge is -2.09. The number of rotatable bonds is 8. The van der Waals surface area contributed by atoms with E-state index in [2.05, 4.69) is 20.8 Å². The first-order valence-electron chi connectivity index (χ1n) is 8.81. The fraction of sp³-hybridized carbons (Fsp3) is 0.211. The van der Waals surface area contributed by atoms with E-state index in [-0.39, 0.29) is 22.2 Å². The van der Waals surface area contributed by atoms with Crippen LogP contribution in [0.3, 0.4) is 0 Å². The lowest BCUT2D eigenvalue weighted by Crippen LogP contribution is -2.15. The zero-order valence-corrected chi connectivity index (χ0v) is 17.1. The molecular formula is C19H18ClN5O3S. The molecule has 1 N–H and O–H groups in total. The average molecular weight is 432 g/mol. The maximum absolute atomic E-state index is 12.3. The van der Waals surface area contributed by atoms with Crippen LogP contribution in [0.25, 0.3) is 5.69 Å². The van der Waals surface area contributed by atoms with E-state index < -0.39 is 5.97 Å². The number of aromatic nitrogens is 4. The van der Waals surface area contributed by atoms with Gasteiger partial charge in [0.15, 0.2) is 0 Å². The number of anilines is 1. The van der Waals surface area contributed by atoms with Crippen molar-refractivity contribution >= 4 is 40.9 Å². The lowest BCUT2D eigenvalue weighted by molar-refractivity contribution is -0.113. The number of hydrogen-bond acceptors (Lipinski definition) is 7. The topological polar surface area (TPSA) is 99.0 Å². The molecule has 0 aliphatic heterocycles. The van der Waals surface area contributed by atoms with Gasteiger partial charge in [-0.1, -0.05) is 48.5 Å². The smallest absolute Gasteiger partial charge is 0.339 e. The van der Waals surface area contributed by atoms with Gasteiger partial charge in [-0.2, -0.15) is 4.68 Å². The van der Waals surface area contributed by atoms with E-state index in [9.17, 15) is 9.59 Å². The van der Waals surface area contributed by atoms with Gasteiger partial charge in [0, 0.05) is 5.69 Å². The number of amides is 1. The van der Waals surface area contributed by atoms with Crippen LogP contribution in [-0.2, 0) is 9.53 Å². The Bertz CT molecular complexity index is 997. The molecule has 2 aromatic carbocycles. The van der Waals surface area contributed by atoms with Crippen LogP contribution in [0.1, 0.15) is 23.7 Å². The molecule has 0 atom stereocenters. The van der Waals surface area contributed by atoms with Crippen LogP contribution in [0.15, 0.2) is 53.7 Å². The molecule has 0 spiro atoms. The highest BCUT2D eigenvalue weighted by Gasteiger charge is 2.15. The number of para-hydroxylation sites is 1. The number of halogens is 1. The number of esters is 1. The Morgan fingerprint density at radius 2 is 2.00 bits per heavy atom. The van der Waals surface area contributed by atoms with Crippen LogP contribution in [0.2, 0.25) is 5.02 Å². The molecular weight excluding hydrogens is 414 g/mol. The Labute approximate surface area is 176 Å². The monoisotopic (exact) mass is 431 g/mol. The summed E-state index contributed by atoms with van der Waals surface area (Å²) in [7, 11) is 0. The van der Waals surface area contributed by atoms with Gasteiger partial charge in [0.2, 0.25) is 11.1 Å². The van der Waals surface area contributed by atoms with E-state index in [1.807, 2.05) is 37.3 Å². The normalized spacial score (nSPS) is 10.6. The first-order valence-corrected chi connectivity index (χ1v) is 10.2. The van der Waals surface area contributed by atoms with Crippen molar-refractivity contribution in [3.8, 4) is 5.69 Å². The van der Waals surface area contributed by atoms with Crippen LogP contribution in [-0.4, -0.2) is 44.4 Å². The largest absolute Gasteiger partial charge is 0.462 e. The van der Waals surface area contributed by atoms with Gasteiger partial charge in [-0.3, -0.25) is 4.79 Å². The van der Waals surface area contributed by atoms with Gasteiger partial charge >= 0.3 is 5.97 Å². The van der Waals surface area contributed by atoms with E-state index in [0.717, 1.165) is 5.69 Å². The molecule has 3 rings (SSSR count). The molecule has 0 fully saturated rings. The summed E-state index contributed by atoms with van der Waals surface area (Å²) in [6, 6.07) is 14.0. The number of tetrazole rings is 1. The van der Waals surface area contributed by atoms with Gasteiger partial charge in [-0.05, 0) is 47.2 Å². The highest BCUT2D eigenvalue weighted by molar-refractivity contribution is 7.99. The van der Waals surface area contributed by atoms with Crippen molar-refractivity contribution in [1.29, 1.82) is 0 Å². The van der Waals surface area contributed by atoms with Crippen LogP contribution in [0, 0.1) is 0 Å². The Morgan fingerprint density at radius 1 is 1.21 bits per heavy atom. The maximum Gasteiger partial charge on any atom is 0.339 e. The molecule has 1 heterocycles. The summed E-state index contributed by atoms with van der Waals surface area (Å²) in [5.74, 6) is -0.706. The van der Waals surface area contributed by atoms with Crippen molar-refractivity contribution in [2.75, 3.05) is 17.7 Å². The quantitative estimate of drug-likeness (QED) is 0.429. The molecule has 150 valence electrons. The number of benzene rings is 2. The Kier molecular flexibility index (Phi) is 7.20. The predicted molar refractivity (Wildman–Crippen MR) is 111 cm³/mol. The Morgan fingerprint density at radius 3 is 2.76 bits per heavy atom. The minimum absolute atomic E-state index is 0.0887. The summed E-state index contributed by atoms with van der Waals surface area (Å²) < 4.78 is 6.66. The van der Waals surface area contributed by atoms with E-state index >= 15 is 0 Å². The summed E-state index contributed by atoms with van der Waals surface area (Å²) in [5, 5.41) is 15.1. The average Bonchev–Trinajstić information content (AvgIpc) is 3.21. The first kappa shape index (κ1) is 20.8. The van der Waals surface area contributed by atoms with Crippen LogP contribution < -0.4 is 5.32 Å². The summed E-state index contributed by atoms with van der Waals surface area (Å²) in [6.07, 6.45) is 0.708. The van der Waals surface area contributed by atoms with Crippen molar-refractivity contribution in [3.63, 3.8) is 0 Å². The lowest BCUT2D eigenvalue weighted by atomic mass is 10.2. The van der Waals surface area contributed by atoms with Gasteiger partial charge in [0.05, 0.1) is 28.6 Å². The zero-order valence-electron chi connectivity index (χ0n) is 15.5. The second-order valence-electron chi connectivity index (χ2n) is 5.88. The molecule has 0 radical (unpaired) electrons. The van der Waals surface area contributed by atoms with Gasteiger partial charge in [-0.15, -0.1) is 5.10 Å². The molecule has 0 unspecified atom stereocenters. The standard InChI is InChI=1S/C19H18ClN5O3S/c1-2-10-28-18(27)15-11-13(8-9-16(15)20)21-17(26)12-29-19-22-23-24-25(19)14-6-4-3-5-7-14/h3-9,11H,2,10,12H2,1H3,(H,21,26). The van der Waals surface area contributed by atoms with E-state index in [4.69, 9.17) is 16.3 Å². The summed E-state index contributed by atoms with van der Waals surface area (Å²) in [5.41, 5.74) is 1.46. The van der Waals surface area contributed by atoms with Gasteiger partial charge in [0.1, 0.15) is 0 Å². The van der Waals surface area contributed by atoms with Crippen LogP contribution >= 0.6 is 23.4 Å². The Balaban J connectivity index is 1.62.